The minimum Gasteiger partial charge on any atom is -0.350 e. The first-order valence-corrected chi connectivity index (χ1v) is 5.02. The molecule has 1 atom stereocenters. The minimum atomic E-state index is -0.0669. The third kappa shape index (κ3) is 3.32. The fourth-order valence-electron chi connectivity index (χ4n) is 1.17. The van der Waals surface area contributed by atoms with Crippen LogP contribution in [-0.2, 0) is 0 Å². The highest BCUT2D eigenvalue weighted by Crippen LogP contribution is 2.02. The number of hydrogen-bond donors (Lipinski definition) is 2. The van der Waals surface area contributed by atoms with Crippen molar-refractivity contribution in [2.75, 3.05) is 13.6 Å². The van der Waals surface area contributed by atoms with Crippen LogP contribution in [0.25, 0.3) is 0 Å². The molecule has 0 aromatic carbocycles. The molecule has 0 spiro atoms. The van der Waals surface area contributed by atoms with Gasteiger partial charge in [-0.1, -0.05) is 0 Å². The second-order valence-corrected chi connectivity index (χ2v) is 3.54. The average Bonchev–Trinajstić information content (AvgIpc) is 2.26. The summed E-state index contributed by atoms with van der Waals surface area (Å²) in [6, 6.07) is 3.82. The number of carbonyl (C=O) groups is 1. The normalized spacial score (nSPS) is 12.2. The molecule has 2 N–H and O–H groups in total. The van der Waals surface area contributed by atoms with Crippen LogP contribution in [0, 0.1) is 6.92 Å². The van der Waals surface area contributed by atoms with E-state index in [0.717, 1.165) is 5.69 Å². The zero-order valence-corrected chi connectivity index (χ0v) is 9.37. The van der Waals surface area contributed by atoms with Gasteiger partial charge in [-0.15, -0.1) is 0 Å². The lowest BCUT2D eigenvalue weighted by atomic mass is 10.2. The van der Waals surface area contributed by atoms with Crippen LogP contribution < -0.4 is 10.6 Å². The zero-order chi connectivity index (χ0) is 11.3. The first-order chi connectivity index (χ1) is 7.15. The molecular formula is C11H17N3O. The SMILES string of the molecule is CNC(C)CNC(=O)c1cccnc1C. The van der Waals surface area contributed by atoms with Crippen molar-refractivity contribution in [3.8, 4) is 0 Å². The van der Waals surface area contributed by atoms with Crippen LogP contribution >= 0.6 is 0 Å². The molecule has 1 aromatic heterocycles. The van der Waals surface area contributed by atoms with E-state index in [1.165, 1.54) is 0 Å². The first-order valence-electron chi connectivity index (χ1n) is 5.02. The van der Waals surface area contributed by atoms with E-state index in [-0.39, 0.29) is 11.9 Å². The Morgan fingerprint density at radius 2 is 2.33 bits per heavy atom. The third-order valence-corrected chi connectivity index (χ3v) is 2.31. The maximum Gasteiger partial charge on any atom is 0.253 e. The topological polar surface area (TPSA) is 54.0 Å². The van der Waals surface area contributed by atoms with Crippen LogP contribution in [0.15, 0.2) is 18.3 Å². The number of aromatic nitrogens is 1. The van der Waals surface area contributed by atoms with E-state index in [9.17, 15) is 4.79 Å². The van der Waals surface area contributed by atoms with Gasteiger partial charge in [0.05, 0.1) is 5.56 Å². The molecule has 1 rings (SSSR count). The van der Waals surface area contributed by atoms with Gasteiger partial charge in [-0.05, 0) is 33.0 Å². The highest BCUT2D eigenvalue weighted by Gasteiger charge is 2.09. The van der Waals surface area contributed by atoms with Gasteiger partial charge < -0.3 is 10.6 Å². The molecular weight excluding hydrogens is 190 g/mol. The van der Waals surface area contributed by atoms with Crippen LogP contribution in [-0.4, -0.2) is 30.5 Å². The molecule has 0 bridgehead atoms. The molecule has 1 amide bonds. The summed E-state index contributed by atoms with van der Waals surface area (Å²) in [7, 11) is 1.87. The van der Waals surface area contributed by atoms with Crippen molar-refractivity contribution < 1.29 is 4.79 Å². The standard InChI is InChI=1S/C11H17N3O/c1-8(12-3)7-14-11(15)10-5-4-6-13-9(10)2/h4-6,8,12H,7H2,1-3H3,(H,14,15). The Bertz CT molecular complexity index is 338. The second kappa shape index (κ2) is 5.46. The lowest BCUT2D eigenvalue weighted by Gasteiger charge is -2.11. The molecule has 15 heavy (non-hydrogen) atoms. The predicted molar refractivity (Wildman–Crippen MR) is 59.8 cm³/mol. The van der Waals surface area contributed by atoms with Crippen molar-refractivity contribution >= 4 is 5.91 Å². The Labute approximate surface area is 90.1 Å². The smallest absolute Gasteiger partial charge is 0.253 e. The molecule has 4 heteroatoms. The number of nitrogens with zero attached hydrogens (tertiary/aromatic N) is 1. The lowest BCUT2D eigenvalue weighted by molar-refractivity contribution is 0.0949. The van der Waals surface area contributed by atoms with E-state index in [0.29, 0.717) is 12.1 Å². The number of likely N-dealkylation sites (N-methyl/N-ethyl adjacent to an activating group) is 1. The fourth-order valence-corrected chi connectivity index (χ4v) is 1.17. The van der Waals surface area contributed by atoms with Gasteiger partial charge in [0, 0.05) is 24.5 Å². The van der Waals surface area contributed by atoms with Crippen molar-refractivity contribution in [3.63, 3.8) is 0 Å². The Balaban J connectivity index is 2.58. The molecule has 82 valence electrons. The van der Waals surface area contributed by atoms with Gasteiger partial charge in [0.1, 0.15) is 0 Å². The van der Waals surface area contributed by atoms with Crippen LogP contribution in [0.3, 0.4) is 0 Å². The van der Waals surface area contributed by atoms with E-state index in [4.69, 9.17) is 0 Å². The van der Waals surface area contributed by atoms with Gasteiger partial charge in [-0.2, -0.15) is 0 Å². The number of hydrogen-bond acceptors (Lipinski definition) is 3. The monoisotopic (exact) mass is 207 g/mol. The van der Waals surface area contributed by atoms with Crippen molar-refractivity contribution in [1.29, 1.82) is 0 Å². The molecule has 0 aliphatic carbocycles. The molecule has 0 saturated carbocycles. The summed E-state index contributed by atoms with van der Waals surface area (Å²) in [4.78, 5) is 15.8. The summed E-state index contributed by atoms with van der Waals surface area (Å²) < 4.78 is 0. The summed E-state index contributed by atoms with van der Waals surface area (Å²) >= 11 is 0. The molecule has 1 heterocycles. The number of amides is 1. The number of nitrogens with one attached hydrogen (secondary N) is 2. The van der Waals surface area contributed by atoms with Crippen LogP contribution in [0.1, 0.15) is 23.0 Å². The third-order valence-electron chi connectivity index (χ3n) is 2.31. The molecule has 0 fully saturated rings. The molecule has 0 radical (unpaired) electrons. The highest BCUT2D eigenvalue weighted by molar-refractivity contribution is 5.95. The van der Waals surface area contributed by atoms with E-state index in [1.54, 1.807) is 18.3 Å². The molecule has 4 nitrogen and oxygen atoms in total. The summed E-state index contributed by atoms with van der Waals surface area (Å²) in [5.74, 6) is -0.0669. The molecule has 0 saturated heterocycles. The molecule has 1 unspecified atom stereocenters. The fraction of sp³-hybridized carbons (Fsp3) is 0.455. The predicted octanol–water partition coefficient (Wildman–Crippen LogP) is 0.728. The van der Waals surface area contributed by atoms with Gasteiger partial charge >= 0.3 is 0 Å². The van der Waals surface area contributed by atoms with Gasteiger partial charge in [0.25, 0.3) is 5.91 Å². The van der Waals surface area contributed by atoms with Gasteiger partial charge in [-0.3, -0.25) is 9.78 Å². The Kier molecular flexibility index (Phi) is 4.24. The number of carbonyl (C=O) groups excluding carboxylic acids is 1. The number of aryl methyl sites for hydroxylation is 1. The van der Waals surface area contributed by atoms with E-state index in [2.05, 4.69) is 15.6 Å². The first kappa shape index (κ1) is 11.7. The van der Waals surface area contributed by atoms with E-state index < -0.39 is 0 Å². The quantitative estimate of drug-likeness (QED) is 0.765. The molecule has 0 aliphatic rings. The van der Waals surface area contributed by atoms with Crippen LogP contribution in [0.4, 0.5) is 0 Å². The van der Waals surface area contributed by atoms with Crippen molar-refractivity contribution in [2.45, 2.75) is 19.9 Å². The Morgan fingerprint density at radius 3 is 2.93 bits per heavy atom. The number of rotatable bonds is 4. The minimum absolute atomic E-state index is 0.0669. The van der Waals surface area contributed by atoms with E-state index >= 15 is 0 Å². The lowest BCUT2D eigenvalue weighted by Crippen LogP contribution is -2.37. The average molecular weight is 207 g/mol. The maximum atomic E-state index is 11.7. The molecule has 0 aliphatic heterocycles. The van der Waals surface area contributed by atoms with Gasteiger partial charge in [0.15, 0.2) is 0 Å². The maximum absolute atomic E-state index is 11.7. The summed E-state index contributed by atoms with van der Waals surface area (Å²) in [6.07, 6.45) is 1.68. The van der Waals surface area contributed by atoms with Gasteiger partial charge in [0.2, 0.25) is 0 Å². The number of pyridine rings is 1. The Morgan fingerprint density at radius 1 is 1.60 bits per heavy atom. The van der Waals surface area contributed by atoms with Crippen LogP contribution in [0.5, 0.6) is 0 Å². The largest absolute Gasteiger partial charge is 0.350 e. The summed E-state index contributed by atoms with van der Waals surface area (Å²) in [6.45, 7) is 4.45. The van der Waals surface area contributed by atoms with Crippen LogP contribution in [0.2, 0.25) is 0 Å². The zero-order valence-electron chi connectivity index (χ0n) is 9.37. The van der Waals surface area contributed by atoms with E-state index in [1.807, 2.05) is 20.9 Å². The summed E-state index contributed by atoms with van der Waals surface area (Å²) in [5.41, 5.74) is 1.40. The van der Waals surface area contributed by atoms with Crippen molar-refractivity contribution in [3.05, 3.63) is 29.6 Å². The molecule has 1 aromatic rings. The van der Waals surface area contributed by atoms with Crippen molar-refractivity contribution in [1.82, 2.24) is 15.6 Å². The highest BCUT2D eigenvalue weighted by atomic mass is 16.1. The Hall–Kier alpha value is -1.42. The van der Waals surface area contributed by atoms with Gasteiger partial charge in [-0.25, -0.2) is 0 Å². The summed E-state index contributed by atoms with van der Waals surface area (Å²) in [5, 5.41) is 5.91. The van der Waals surface area contributed by atoms with Crippen molar-refractivity contribution in [2.24, 2.45) is 0 Å². The second-order valence-electron chi connectivity index (χ2n) is 3.54.